The third kappa shape index (κ3) is 3.74. The Kier molecular flexibility index (Phi) is 5.18. The lowest BCUT2D eigenvalue weighted by Gasteiger charge is -2.37. The number of aliphatic carboxylic acids is 1. The predicted octanol–water partition coefficient (Wildman–Crippen LogP) is 3.73. The average Bonchev–Trinajstić information content (AvgIpc) is 3.02. The zero-order chi connectivity index (χ0) is 20.6. The molecule has 3 rings (SSSR count). The second-order valence-corrected chi connectivity index (χ2v) is 6.96. The van der Waals surface area contributed by atoms with E-state index in [1.165, 1.54) is 17.0 Å². The van der Waals surface area contributed by atoms with Crippen LogP contribution in [-0.2, 0) is 11.0 Å². The summed E-state index contributed by atoms with van der Waals surface area (Å²) in [6.07, 6.45) is -3.42. The van der Waals surface area contributed by atoms with Crippen molar-refractivity contribution in [1.29, 1.82) is 0 Å². The number of imidazole rings is 1. The number of halogens is 3. The number of hydrogen-bond acceptors (Lipinski definition) is 3. The van der Waals surface area contributed by atoms with Crippen molar-refractivity contribution in [2.45, 2.75) is 38.9 Å². The van der Waals surface area contributed by atoms with Crippen LogP contribution in [0.4, 0.5) is 13.2 Å². The van der Waals surface area contributed by atoms with Gasteiger partial charge in [0.25, 0.3) is 5.91 Å². The molecule has 2 heterocycles. The van der Waals surface area contributed by atoms with E-state index in [9.17, 15) is 27.9 Å². The smallest absolute Gasteiger partial charge is 0.416 e. The number of nitrogens with one attached hydrogen (secondary N) is 1. The maximum absolute atomic E-state index is 12.9. The summed E-state index contributed by atoms with van der Waals surface area (Å²) in [7, 11) is 0. The summed E-state index contributed by atoms with van der Waals surface area (Å²) >= 11 is 0. The number of carbonyl (C=O) groups excluding carboxylic acids is 1. The van der Waals surface area contributed by atoms with E-state index in [1.807, 2.05) is 0 Å². The summed E-state index contributed by atoms with van der Waals surface area (Å²) in [5.41, 5.74) is -0.0830. The van der Waals surface area contributed by atoms with E-state index in [0.29, 0.717) is 25.1 Å². The minimum atomic E-state index is -4.48. The number of carboxylic acid groups (broad SMARTS) is 1. The van der Waals surface area contributed by atoms with E-state index in [0.717, 1.165) is 12.1 Å². The fourth-order valence-electron chi connectivity index (χ4n) is 3.54. The highest BCUT2D eigenvalue weighted by atomic mass is 19.4. The van der Waals surface area contributed by atoms with E-state index in [1.54, 1.807) is 13.8 Å². The van der Waals surface area contributed by atoms with Crippen molar-refractivity contribution in [1.82, 2.24) is 14.9 Å². The molecule has 1 aromatic heterocycles. The van der Waals surface area contributed by atoms with Crippen molar-refractivity contribution < 1.29 is 27.9 Å². The number of nitrogens with zero attached hydrogens (tertiary/aromatic N) is 2. The molecule has 1 aliphatic rings. The summed E-state index contributed by atoms with van der Waals surface area (Å²) in [6, 6.07) is 4.20. The molecule has 0 bridgehead atoms. The number of benzene rings is 1. The zero-order valence-corrected chi connectivity index (χ0v) is 15.4. The molecule has 0 saturated carbocycles. The largest absolute Gasteiger partial charge is 0.481 e. The first-order chi connectivity index (χ1) is 13.1. The van der Waals surface area contributed by atoms with Gasteiger partial charge in [-0.2, -0.15) is 13.2 Å². The number of alkyl halides is 3. The Hall–Kier alpha value is -2.84. The predicted molar refractivity (Wildman–Crippen MR) is 94.6 cm³/mol. The summed E-state index contributed by atoms with van der Waals surface area (Å²) in [4.78, 5) is 32.9. The molecule has 150 valence electrons. The van der Waals surface area contributed by atoms with Gasteiger partial charge in [0.05, 0.1) is 11.5 Å². The lowest BCUT2D eigenvalue weighted by Crippen LogP contribution is -2.49. The summed E-state index contributed by atoms with van der Waals surface area (Å²) in [5.74, 6) is -1.87. The van der Waals surface area contributed by atoms with Crippen LogP contribution in [0.1, 0.15) is 41.5 Å². The van der Waals surface area contributed by atoms with Gasteiger partial charge in [-0.25, -0.2) is 4.98 Å². The van der Waals surface area contributed by atoms with Crippen molar-refractivity contribution >= 4 is 11.9 Å². The van der Waals surface area contributed by atoms with E-state index in [-0.39, 0.29) is 17.1 Å². The number of likely N-dealkylation sites (tertiary alicyclic amines) is 1. The lowest BCUT2D eigenvalue weighted by atomic mass is 9.90. The van der Waals surface area contributed by atoms with Crippen LogP contribution in [0.15, 0.2) is 24.3 Å². The van der Waals surface area contributed by atoms with Crippen LogP contribution in [-0.4, -0.2) is 44.4 Å². The third-order valence-corrected chi connectivity index (χ3v) is 5.12. The molecule has 0 radical (unpaired) electrons. The van der Waals surface area contributed by atoms with Gasteiger partial charge in [0.2, 0.25) is 0 Å². The Balaban J connectivity index is 1.90. The number of carbonyl (C=O) groups is 2. The van der Waals surface area contributed by atoms with Crippen LogP contribution >= 0.6 is 0 Å². The quantitative estimate of drug-likeness (QED) is 0.829. The summed E-state index contributed by atoms with van der Waals surface area (Å²) in [5, 5.41) is 9.33. The van der Waals surface area contributed by atoms with Gasteiger partial charge in [0.1, 0.15) is 11.5 Å². The molecule has 6 nitrogen and oxygen atoms in total. The Morgan fingerprint density at radius 2 is 2.04 bits per heavy atom. The van der Waals surface area contributed by atoms with Gasteiger partial charge in [-0.1, -0.05) is 12.1 Å². The van der Waals surface area contributed by atoms with Gasteiger partial charge < -0.3 is 15.0 Å². The molecular formula is C19H20F3N3O3. The first-order valence-corrected chi connectivity index (χ1v) is 8.87. The molecule has 1 aromatic carbocycles. The van der Waals surface area contributed by atoms with Gasteiger partial charge in [0.15, 0.2) is 0 Å². The average molecular weight is 395 g/mol. The minimum absolute atomic E-state index is 0.0882. The third-order valence-electron chi connectivity index (χ3n) is 5.12. The molecule has 2 N–H and O–H groups in total. The van der Waals surface area contributed by atoms with E-state index in [4.69, 9.17) is 0 Å². The zero-order valence-electron chi connectivity index (χ0n) is 15.4. The molecule has 0 spiro atoms. The SMILES string of the molecule is Cc1[nH]c(-c2cccc(C(F)(F)F)c2)nc1C(=O)N1CCC[C@@H](C(=O)O)[C@H]1C. The highest BCUT2D eigenvalue weighted by molar-refractivity contribution is 5.94. The van der Waals surface area contributed by atoms with Crippen molar-refractivity contribution in [2.75, 3.05) is 6.54 Å². The number of aryl methyl sites for hydroxylation is 1. The minimum Gasteiger partial charge on any atom is -0.481 e. The highest BCUT2D eigenvalue weighted by Crippen LogP contribution is 2.32. The van der Waals surface area contributed by atoms with Gasteiger partial charge in [-0.3, -0.25) is 9.59 Å². The normalized spacial score (nSPS) is 20.2. The Bertz CT molecular complexity index is 907. The van der Waals surface area contributed by atoms with Gasteiger partial charge in [0, 0.05) is 23.8 Å². The second kappa shape index (κ2) is 7.29. The van der Waals surface area contributed by atoms with Crippen molar-refractivity contribution in [3.8, 4) is 11.4 Å². The molecule has 1 saturated heterocycles. The number of aromatic nitrogens is 2. The molecule has 9 heteroatoms. The van der Waals surface area contributed by atoms with Gasteiger partial charge in [-0.05, 0) is 38.8 Å². The Morgan fingerprint density at radius 3 is 2.68 bits per heavy atom. The maximum Gasteiger partial charge on any atom is 0.416 e. The number of piperidine rings is 1. The first kappa shape index (κ1) is 19.9. The van der Waals surface area contributed by atoms with Gasteiger partial charge >= 0.3 is 12.1 Å². The summed E-state index contributed by atoms with van der Waals surface area (Å²) in [6.45, 7) is 3.71. The molecule has 1 aliphatic heterocycles. The van der Waals surface area contributed by atoms with Crippen LogP contribution in [0.3, 0.4) is 0 Å². The number of carboxylic acids is 1. The van der Waals surface area contributed by atoms with Crippen LogP contribution in [0.2, 0.25) is 0 Å². The van der Waals surface area contributed by atoms with E-state index < -0.39 is 35.6 Å². The van der Waals surface area contributed by atoms with Crippen LogP contribution in [0, 0.1) is 12.8 Å². The molecule has 0 unspecified atom stereocenters. The Morgan fingerprint density at radius 1 is 1.32 bits per heavy atom. The van der Waals surface area contributed by atoms with Crippen molar-refractivity contribution in [3.63, 3.8) is 0 Å². The monoisotopic (exact) mass is 395 g/mol. The highest BCUT2D eigenvalue weighted by Gasteiger charge is 2.37. The van der Waals surface area contributed by atoms with Crippen LogP contribution < -0.4 is 0 Å². The fourth-order valence-corrected chi connectivity index (χ4v) is 3.54. The summed E-state index contributed by atoms with van der Waals surface area (Å²) < 4.78 is 38.8. The second-order valence-electron chi connectivity index (χ2n) is 6.96. The van der Waals surface area contributed by atoms with Crippen LogP contribution in [0.25, 0.3) is 11.4 Å². The molecule has 2 atom stereocenters. The van der Waals surface area contributed by atoms with Crippen molar-refractivity contribution in [3.05, 3.63) is 41.2 Å². The number of H-pyrrole nitrogens is 1. The molecule has 1 fully saturated rings. The van der Waals surface area contributed by atoms with E-state index in [2.05, 4.69) is 9.97 Å². The molecule has 28 heavy (non-hydrogen) atoms. The fraction of sp³-hybridized carbons (Fsp3) is 0.421. The van der Waals surface area contributed by atoms with Crippen LogP contribution in [0.5, 0.6) is 0 Å². The van der Waals surface area contributed by atoms with Gasteiger partial charge in [-0.15, -0.1) is 0 Å². The topological polar surface area (TPSA) is 86.3 Å². The molecular weight excluding hydrogens is 375 g/mol. The first-order valence-electron chi connectivity index (χ1n) is 8.87. The van der Waals surface area contributed by atoms with Crippen molar-refractivity contribution in [2.24, 2.45) is 5.92 Å². The standard InChI is InChI=1S/C19H20F3N3O3/c1-10-15(17(26)25-8-4-7-14(11(25)2)18(27)28)24-16(23-10)12-5-3-6-13(9-12)19(20,21)22/h3,5-6,9,11,14H,4,7-8H2,1-2H3,(H,23,24)(H,27,28)/t11-,14-/m1/s1. The molecule has 1 amide bonds. The molecule has 2 aromatic rings. The maximum atomic E-state index is 12.9. The Labute approximate surface area is 159 Å². The molecule has 0 aliphatic carbocycles. The lowest BCUT2D eigenvalue weighted by molar-refractivity contribution is -0.145. The van der Waals surface area contributed by atoms with E-state index >= 15 is 0 Å². The number of aromatic amines is 1. The number of hydrogen-bond donors (Lipinski definition) is 2. The number of rotatable bonds is 3. The number of amides is 1.